The molecule has 146 valence electrons. The number of hydrogen-bond donors (Lipinski definition) is 1. The maximum atomic E-state index is 12.1. The number of anilines is 1. The van der Waals surface area contributed by atoms with Crippen LogP contribution in [0.4, 0.5) is 5.69 Å². The van der Waals surface area contributed by atoms with Gasteiger partial charge < -0.3 is 10.1 Å². The van der Waals surface area contributed by atoms with Crippen LogP contribution in [0.1, 0.15) is 39.5 Å². The van der Waals surface area contributed by atoms with E-state index in [1.165, 1.54) is 4.31 Å². The number of halogens is 1. The Morgan fingerprint density at radius 3 is 2.62 bits per heavy atom. The quantitative estimate of drug-likeness (QED) is 0.685. The van der Waals surface area contributed by atoms with Crippen molar-refractivity contribution in [1.82, 2.24) is 4.31 Å². The highest BCUT2D eigenvalue weighted by atomic mass is 35.5. The molecule has 2 rings (SSSR count). The summed E-state index contributed by atoms with van der Waals surface area (Å²) in [7, 11) is -3.24. The van der Waals surface area contributed by atoms with Crippen LogP contribution in [0.25, 0.3) is 0 Å². The molecule has 1 aromatic rings. The lowest BCUT2D eigenvalue weighted by Crippen LogP contribution is -2.30. The van der Waals surface area contributed by atoms with Gasteiger partial charge in [-0.1, -0.05) is 25.4 Å². The van der Waals surface area contributed by atoms with Gasteiger partial charge in [-0.05, 0) is 43.4 Å². The van der Waals surface area contributed by atoms with E-state index in [1.54, 1.807) is 18.2 Å². The molecule has 1 saturated heterocycles. The van der Waals surface area contributed by atoms with E-state index < -0.39 is 10.0 Å². The number of sulfonamides is 1. The minimum Gasteiger partial charge on any atom is -0.492 e. The number of hydrogen-bond acceptors (Lipinski definition) is 4. The van der Waals surface area contributed by atoms with Crippen molar-refractivity contribution < 1.29 is 17.9 Å². The summed E-state index contributed by atoms with van der Waals surface area (Å²) in [5.41, 5.74) is 0.569. The summed E-state index contributed by atoms with van der Waals surface area (Å²) in [4.78, 5) is 12.0. The van der Waals surface area contributed by atoms with Gasteiger partial charge >= 0.3 is 0 Å². The average Bonchev–Trinajstić information content (AvgIpc) is 3.09. The molecule has 6 nitrogen and oxygen atoms in total. The molecule has 1 aromatic carbocycles. The summed E-state index contributed by atoms with van der Waals surface area (Å²) in [5, 5.41) is 3.17. The lowest BCUT2D eigenvalue weighted by Gasteiger charge is -2.15. The van der Waals surface area contributed by atoms with Gasteiger partial charge in [0.25, 0.3) is 0 Å². The fraction of sp³-hybridized carbons (Fsp3) is 0.611. The molecule has 0 radical (unpaired) electrons. The zero-order valence-electron chi connectivity index (χ0n) is 15.3. The summed E-state index contributed by atoms with van der Waals surface area (Å²) in [6, 6.07) is 5.08. The molecule has 1 fully saturated rings. The molecule has 1 aliphatic heterocycles. The van der Waals surface area contributed by atoms with Crippen LogP contribution in [0.2, 0.25) is 5.02 Å². The molecule has 0 atom stereocenters. The highest BCUT2D eigenvalue weighted by molar-refractivity contribution is 7.89. The summed E-state index contributed by atoms with van der Waals surface area (Å²) in [6.07, 6.45) is 2.28. The molecule has 8 heteroatoms. The first-order chi connectivity index (χ1) is 12.3. The predicted molar refractivity (Wildman–Crippen MR) is 104 cm³/mol. The molecule has 0 unspecified atom stereocenters. The van der Waals surface area contributed by atoms with Crippen LogP contribution in [-0.4, -0.2) is 44.1 Å². The highest BCUT2D eigenvalue weighted by Gasteiger charge is 2.24. The molecule has 1 aliphatic rings. The fourth-order valence-electron chi connectivity index (χ4n) is 2.69. The number of nitrogens with zero attached hydrogens (tertiary/aromatic N) is 1. The summed E-state index contributed by atoms with van der Waals surface area (Å²) < 4.78 is 31.4. The van der Waals surface area contributed by atoms with Gasteiger partial charge in [0.15, 0.2) is 0 Å². The average molecular weight is 403 g/mol. The van der Waals surface area contributed by atoms with Crippen LogP contribution >= 0.6 is 11.6 Å². The number of nitrogens with one attached hydrogen (secondary N) is 1. The third kappa shape index (κ3) is 6.45. The van der Waals surface area contributed by atoms with E-state index in [0.29, 0.717) is 48.5 Å². The van der Waals surface area contributed by atoms with E-state index in [-0.39, 0.29) is 18.1 Å². The number of rotatable bonds is 9. The van der Waals surface area contributed by atoms with Crippen molar-refractivity contribution in [2.24, 2.45) is 5.92 Å². The molecule has 26 heavy (non-hydrogen) atoms. The summed E-state index contributed by atoms with van der Waals surface area (Å²) in [5.74, 6) is 0.745. The Labute approximate surface area is 160 Å². The third-order valence-corrected chi connectivity index (χ3v) is 6.30. The van der Waals surface area contributed by atoms with Crippen molar-refractivity contribution in [2.45, 2.75) is 39.5 Å². The topological polar surface area (TPSA) is 75.7 Å². The Morgan fingerprint density at radius 1 is 1.31 bits per heavy atom. The minimum absolute atomic E-state index is 0.00313. The predicted octanol–water partition coefficient (Wildman–Crippen LogP) is 3.52. The maximum Gasteiger partial charge on any atom is 0.224 e. The Balaban J connectivity index is 1.79. The molecule has 0 aliphatic carbocycles. The van der Waals surface area contributed by atoms with Gasteiger partial charge in [0, 0.05) is 25.2 Å². The molecule has 0 aromatic heterocycles. The first kappa shape index (κ1) is 21.0. The van der Waals surface area contributed by atoms with E-state index in [2.05, 4.69) is 5.32 Å². The van der Waals surface area contributed by atoms with Gasteiger partial charge in [-0.2, -0.15) is 0 Å². The number of ether oxygens (including phenoxy) is 1. The second-order valence-corrected chi connectivity index (χ2v) is 9.42. The zero-order chi connectivity index (χ0) is 19.2. The van der Waals surface area contributed by atoms with Crippen molar-refractivity contribution in [3.8, 4) is 5.75 Å². The zero-order valence-corrected chi connectivity index (χ0v) is 16.9. The van der Waals surface area contributed by atoms with Gasteiger partial charge in [-0.3, -0.25) is 4.79 Å². The number of carbonyl (C=O) groups excluding carboxylic acids is 1. The molecule has 1 amide bonds. The van der Waals surface area contributed by atoms with Gasteiger partial charge in [0.1, 0.15) is 5.75 Å². The molecule has 1 heterocycles. The normalized spacial score (nSPS) is 15.4. The first-order valence-corrected chi connectivity index (χ1v) is 11.0. The van der Waals surface area contributed by atoms with E-state index in [1.807, 2.05) is 13.8 Å². The van der Waals surface area contributed by atoms with E-state index in [9.17, 15) is 13.2 Å². The van der Waals surface area contributed by atoms with Crippen LogP contribution in [-0.2, 0) is 14.8 Å². The minimum atomic E-state index is -3.24. The molecule has 0 spiro atoms. The van der Waals surface area contributed by atoms with Crippen molar-refractivity contribution in [2.75, 3.05) is 30.8 Å². The Hall–Kier alpha value is -1.31. The lowest BCUT2D eigenvalue weighted by atomic mass is 10.2. The second-order valence-electron chi connectivity index (χ2n) is 6.92. The van der Waals surface area contributed by atoms with Crippen molar-refractivity contribution >= 4 is 33.2 Å². The first-order valence-electron chi connectivity index (χ1n) is 8.98. The molecular formula is C18H27ClN2O4S. The Morgan fingerprint density at radius 2 is 2.00 bits per heavy atom. The van der Waals surface area contributed by atoms with Gasteiger partial charge in [0.2, 0.25) is 15.9 Å². The van der Waals surface area contributed by atoms with Gasteiger partial charge in [-0.15, -0.1) is 0 Å². The second kappa shape index (κ2) is 9.58. The largest absolute Gasteiger partial charge is 0.492 e. The Kier molecular flexibility index (Phi) is 7.73. The van der Waals surface area contributed by atoms with E-state index >= 15 is 0 Å². The van der Waals surface area contributed by atoms with E-state index in [0.717, 1.165) is 12.8 Å². The molecule has 1 N–H and O–H groups in total. The van der Waals surface area contributed by atoms with Crippen molar-refractivity contribution in [1.29, 1.82) is 0 Å². The summed E-state index contributed by atoms with van der Waals surface area (Å²) >= 11 is 6.17. The van der Waals surface area contributed by atoms with Crippen molar-refractivity contribution in [3.05, 3.63) is 23.2 Å². The monoisotopic (exact) mass is 402 g/mol. The molecular weight excluding hydrogens is 376 g/mol. The SMILES string of the molecule is CC(C)COc1ccc(NC(=O)CCCS(=O)(=O)N2CCCC2)cc1Cl. The number of benzene rings is 1. The van der Waals surface area contributed by atoms with E-state index in [4.69, 9.17) is 16.3 Å². The lowest BCUT2D eigenvalue weighted by molar-refractivity contribution is -0.116. The van der Waals surface area contributed by atoms with Crippen LogP contribution in [0.3, 0.4) is 0 Å². The standard InChI is InChI=1S/C18H27ClN2O4S/c1-14(2)13-25-17-8-7-15(12-16(17)19)20-18(22)6-5-11-26(23,24)21-9-3-4-10-21/h7-8,12,14H,3-6,9-11,13H2,1-2H3,(H,20,22). The number of carbonyl (C=O) groups is 1. The Bertz CT molecular complexity index is 716. The number of amides is 1. The van der Waals surface area contributed by atoms with Gasteiger partial charge in [0.05, 0.1) is 17.4 Å². The van der Waals surface area contributed by atoms with Gasteiger partial charge in [-0.25, -0.2) is 12.7 Å². The summed E-state index contributed by atoms with van der Waals surface area (Å²) in [6.45, 7) is 5.85. The van der Waals surface area contributed by atoms with Crippen LogP contribution in [0, 0.1) is 5.92 Å². The molecule has 0 saturated carbocycles. The van der Waals surface area contributed by atoms with Crippen molar-refractivity contribution in [3.63, 3.8) is 0 Å². The third-order valence-electron chi connectivity index (χ3n) is 4.05. The smallest absolute Gasteiger partial charge is 0.224 e. The van der Waals surface area contributed by atoms with Crippen LogP contribution < -0.4 is 10.1 Å². The molecule has 0 bridgehead atoms. The maximum absolute atomic E-state index is 12.1. The van der Waals surface area contributed by atoms with Crippen LogP contribution in [0.15, 0.2) is 18.2 Å². The van der Waals surface area contributed by atoms with Crippen LogP contribution in [0.5, 0.6) is 5.75 Å². The highest BCUT2D eigenvalue weighted by Crippen LogP contribution is 2.28. The fourth-order valence-corrected chi connectivity index (χ4v) is 4.50.